The Morgan fingerprint density at radius 3 is 2.60 bits per heavy atom. The fourth-order valence-electron chi connectivity index (χ4n) is 1.93. The van der Waals surface area contributed by atoms with Crippen LogP contribution in [0.3, 0.4) is 0 Å². The maximum atomic E-state index is 3.22. The molecule has 1 rings (SSSR count). The van der Waals surface area contributed by atoms with Crippen molar-refractivity contribution < 1.29 is 0 Å². The van der Waals surface area contributed by atoms with Gasteiger partial charge in [0.05, 0.1) is 0 Å². The molecule has 1 heteroatoms. The van der Waals surface area contributed by atoms with Crippen LogP contribution in [0.1, 0.15) is 31.4 Å². The SMILES string of the molecule is CNCCC(C)(C)Cc1cccc(C)c1. The molecule has 0 spiro atoms. The number of hydrogen-bond acceptors (Lipinski definition) is 1. The van der Waals surface area contributed by atoms with Crippen LogP contribution in [-0.4, -0.2) is 13.6 Å². The molecule has 0 amide bonds. The molecule has 0 fully saturated rings. The quantitative estimate of drug-likeness (QED) is 0.778. The molecule has 0 aromatic heterocycles. The number of aryl methyl sites for hydroxylation is 1. The Kier molecular flexibility index (Phi) is 4.34. The summed E-state index contributed by atoms with van der Waals surface area (Å²) in [5, 5.41) is 3.22. The van der Waals surface area contributed by atoms with Gasteiger partial charge in [-0.3, -0.25) is 0 Å². The van der Waals surface area contributed by atoms with Crippen molar-refractivity contribution in [1.29, 1.82) is 0 Å². The molecule has 0 atom stereocenters. The molecule has 1 aromatic rings. The normalized spacial score (nSPS) is 11.7. The Labute approximate surface area is 93.9 Å². The van der Waals surface area contributed by atoms with Crippen molar-refractivity contribution in [3.05, 3.63) is 35.4 Å². The average molecular weight is 205 g/mol. The topological polar surface area (TPSA) is 12.0 Å². The zero-order valence-corrected chi connectivity index (χ0v) is 10.4. The van der Waals surface area contributed by atoms with Gasteiger partial charge in [-0.05, 0) is 44.3 Å². The second-order valence-electron chi connectivity index (χ2n) is 5.18. The Morgan fingerprint density at radius 2 is 2.00 bits per heavy atom. The molecule has 0 bridgehead atoms. The molecule has 0 unspecified atom stereocenters. The lowest BCUT2D eigenvalue weighted by atomic mass is 9.82. The maximum absolute atomic E-state index is 3.22. The van der Waals surface area contributed by atoms with Crippen molar-refractivity contribution in [2.45, 2.75) is 33.6 Å². The third-order valence-corrected chi connectivity index (χ3v) is 2.82. The molecule has 0 heterocycles. The van der Waals surface area contributed by atoms with E-state index in [1.807, 2.05) is 7.05 Å². The van der Waals surface area contributed by atoms with E-state index in [0.29, 0.717) is 5.41 Å². The second kappa shape index (κ2) is 5.32. The number of benzene rings is 1. The second-order valence-corrected chi connectivity index (χ2v) is 5.18. The van der Waals surface area contributed by atoms with Crippen molar-refractivity contribution in [2.75, 3.05) is 13.6 Å². The summed E-state index contributed by atoms with van der Waals surface area (Å²) in [7, 11) is 2.02. The van der Waals surface area contributed by atoms with Crippen LogP contribution in [0, 0.1) is 12.3 Å². The number of rotatable bonds is 5. The van der Waals surface area contributed by atoms with Gasteiger partial charge < -0.3 is 5.32 Å². The molecule has 1 nitrogen and oxygen atoms in total. The number of nitrogens with one attached hydrogen (secondary N) is 1. The first-order valence-corrected chi connectivity index (χ1v) is 5.74. The van der Waals surface area contributed by atoms with Gasteiger partial charge in [-0.15, -0.1) is 0 Å². The summed E-state index contributed by atoms with van der Waals surface area (Å²) >= 11 is 0. The standard InChI is InChI=1S/C14H23N/c1-12-6-5-7-13(10-12)11-14(2,3)8-9-15-4/h5-7,10,15H,8-9,11H2,1-4H3. The summed E-state index contributed by atoms with van der Waals surface area (Å²) < 4.78 is 0. The first-order chi connectivity index (χ1) is 7.03. The molecule has 0 saturated heterocycles. The minimum atomic E-state index is 0.386. The Bertz CT molecular complexity index is 302. The third-order valence-electron chi connectivity index (χ3n) is 2.82. The van der Waals surface area contributed by atoms with E-state index in [9.17, 15) is 0 Å². The fraction of sp³-hybridized carbons (Fsp3) is 0.571. The average Bonchev–Trinajstić information content (AvgIpc) is 2.14. The highest BCUT2D eigenvalue weighted by molar-refractivity contribution is 5.23. The van der Waals surface area contributed by atoms with Gasteiger partial charge in [-0.25, -0.2) is 0 Å². The van der Waals surface area contributed by atoms with Crippen LogP contribution in [0.25, 0.3) is 0 Å². The molecule has 1 aromatic carbocycles. The molecule has 0 saturated carbocycles. The third kappa shape index (κ3) is 4.48. The van der Waals surface area contributed by atoms with E-state index in [-0.39, 0.29) is 0 Å². The summed E-state index contributed by atoms with van der Waals surface area (Å²) in [6, 6.07) is 8.83. The highest BCUT2D eigenvalue weighted by atomic mass is 14.8. The lowest BCUT2D eigenvalue weighted by Gasteiger charge is -2.24. The van der Waals surface area contributed by atoms with E-state index in [0.717, 1.165) is 13.0 Å². The lowest BCUT2D eigenvalue weighted by Crippen LogP contribution is -2.21. The summed E-state index contributed by atoms with van der Waals surface area (Å²) in [6.07, 6.45) is 2.38. The molecule has 0 radical (unpaired) electrons. The van der Waals surface area contributed by atoms with Crippen molar-refractivity contribution in [3.8, 4) is 0 Å². The molecular weight excluding hydrogens is 182 g/mol. The van der Waals surface area contributed by atoms with Crippen LogP contribution in [0.2, 0.25) is 0 Å². The molecular formula is C14H23N. The molecule has 84 valence electrons. The van der Waals surface area contributed by atoms with Crippen LogP contribution in [0.5, 0.6) is 0 Å². The van der Waals surface area contributed by atoms with E-state index in [4.69, 9.17) is 0 Å². The van der Waals surface area contributed by atoms with Gasteiger partial charge in [-0.2, -0.15) is 0 Å². The van der Waals surface area contributed by atoms with Crippen molar-refractivity contribution in [2.24, 2.45) is 5.41 Å². The summed E-state index contributed by atoms with van der Waals surface area (Å²) in [5.74, 6) is 0. The first kappa shape index (κ1) is 12.3. The van der Waals surface area contributed by atoms with E-state index in [2.05, 4.69) is 50.4 Å². The van der Waals surface area contributed by atoms with Crippen LogP contribution < -0.4 is 5.32 Å². The van der Waals surface area contributed by atoms with Crippen molar-refractivity contribution in [3.63, 3.8) is 0 Å². The Hall–Kier alpha value is -0.820. The van der Waals surface area contributed by atoms with E-state index >= 15 is 0 Å². The van der Waals surface area contributed by atoms with E-state index < -0.39 is 0 Å². The largest absolute Gasteiger partial charge is 0.320 e. The highest BCUT2D eigenvalue weighted by Gasteiger charge is 2.17. The van der Waals surface area contributed by atoms with Crippen LogP contribution in [0.15, 0.2) is 24.3 Å². The van der Waals surface area contributed by atoms with Gasteiger partial charge in [0.25, 0.3) is 0 Å². The van der Waals surface area contributed by atoms with Gasteiger partial charge in [0.15, 0.2) is 0 Å². The molecule has 0 aliphatic heterocycles. The summed E-state index contributed by atoms with van der Waals surface area (Å²) in [4.78, 5) is 0. The van der Waals surface area contributed by atoms with Crippen LogP contribution >= 0.6 is 0 Å². The fourth-order valence-corrected chi connectivity index (χ4v) is 1.93. The highest BCUT2D eigenvalue weighted by Crippen LogP contribution is 2.25. The lowest BCUT2D eigenvalue weighted by molar-refractivity contribution is 0.329. The predicted octanol–water partition coefficient (Wildman–Crippen LogP) is 3.17. The molecule has 0 aliphatic rings. The van der Waals surface area contributed by atoms with Crippen LogP contribution in [-0.2, 0) is 6.42 Å². The summed E-state index contributed by atoms with van der Waals surface area (Å²) in [5.41, 5.74) is 3.20. The first-order valence-electron chi connectivity index (χ1n) is 5.74. The van der Waals surface area contributed by atoms with Gasteiger partial charge in [-0.1, -0.05) is 43.7 Å². The van der Waals surface area contributed by atoms with E-state index in [1.54, 1.807) is 0 Å². The Morgan fingerprint density at radius 1 is 1.27 bits per heavy atom. The molecule has 0 aliphatic carbocycles. The smallest absolute Gasteiger partial charge is 0.00467 e. The zero-order chi connectivity index (χ0) is 11.3. The molecule has 15 heavy (non-hydrogen) atoms. The zero-order valence-electron chi connectivity index (χ0n) is 10.4. The number of hydrogen-bond donors (Lipinski definition) is 1. The maximum Gasteiger partial charge on any atom is -0.00467 e. The van der Waals surface area contributed by atoms with Crippen molar-refractivity contribution in [1.82, 2.24) is 5.32 Å². The minimum absolute atomic E-state index is 0.386. The van der Waals surface area contributed by atoms with Gasteiger partial charge >= 0.3 is 0 Å². The van der Waals surface area contributed by atoms with Gasteiger partial charge in [0, 0.05) is 0 Å². The van der Waals surface area contributed by atoms with Gasteiger partial charge in [0.2, 0.25) is 0 Å². The Balaban J connectivity index is 2.60. The van der Waals surface area contributed by atoms with Crippen LogP contribution in [0.4, 0.5) is 0 Å². The van der Waals surface area contributed by atoms with Crippen molar-refractivity contribution >= 4 is 0 Å². The van der Waals surface area contributed by atoms with Gasteiger partial charge in [0.1, 0.15) is 0 Å². The predicted molar refractivity (Wildman–Crippen MR) is 67.2 cm³/mol. The molecule has 1 N–H and O–H groups in total. The minimum Gasteiger partial charge on any atom is -0.320 e. The monoisotopic (exact) mass is 205 g/mol. The van der Waals surface area contributed by atoms with E-state index in [1.165, 1.54) is 17.5 Å². The summed E-state index contributed by atoms with van der Waals surface area (Å²) in [6.45, 7) is 7.93.